The molecule has 0 aliphatic heterocycles. The SMILES string of the molecule is CCN(Cc1ncc(Cl)s1)C1CCC(N)CC1. The van der Waals surface area contributed by atoms with Crippen molar-refractivity contribution < 1.29 is 0 Å². The summed E-state index contributed by atoms with van der Waals surface area (Å²) in [5.41, 5.74) is 5.95. The third kappa shape index (κ3) is 3.65. The van der Waals surface area contributed by atoms with Crippen molar-refractivity contribution in [2.24, 2.45) is 5.73 Å². The zero-order chi connectivity index (χ0) is 12.3. The molecule has 0 spiro atoms. The molecule has 1 fully saturated rings. The van der Waals surface area contributed by atoms with E-state index in [0.717, 1.165) is 35.3 Å². The second-order valence-corrected chi connectivity index (χ2v) is 6.44. The maximum absolute atomic E-state index is 5.95. The molecule has 0 unspecified atom stereocenters. The number of nitrogens with two attached hydrogens (primary N) is 1. The van der Waals surface area contributed by atoms with E-state index < -0.39 is 0 Å². The summed E-state index contributed by atoms with van der Waals surface area (Å²) >= 11 is 7.50. The molecule has 0 amide bonds. The van der Waals surface area contributed by atoms with Crippen LogP contribution in [0.1, 0.15) is 37.6 Å². The number of aromatic nitrogens is 1. The molecule has 0 bridgehead atoms. The van der Waals surface area contributed by atoms with Gasteiger partial charge in [0, 0.05) is 12.1 Å². The maximum atomic E-state index is 5.95. The number of thiazole rings is 1. The molecule has 2 N–H and O–H groups in total. The Morgan fingerprint density at radius 3 is 2.71 bits per heavy atom. The predicted molar refractivity (Wildman–Crippen MR) is 73.4 cm³/mol. The number of hydrogen-bond donors (Lipinski definition) is 1. The lowest BCUT2D eigenvalue weighted by Crippen LogP contribution is -2.40. The molecule has 1 heterocycles. The molecule has 0 saturated heterocycles. The van der Waals surface area contributed by atoms with Gasteiger partial charge >= 0.3 is 0 Å². The quantitative estimate of drug-likeness (QED) is 0.917. The highest BCUT2D eigenvalue weighted by Gasteiger charge is 2.23. The zero-order valence-electron chi connectivity index (χ0n) is 10.2. The lowest BCUT2D eigenvalue weighted by molar-refractivity contribution is 0.149. The Bertz CT molecular complexity index is 347. The first-order chi connectivity index (χ1) is 8.19. The second kappa shape index (κ2) is 6.14. The Kier molecular flexibility index (Phi) is 4.79. The Morgan fingerprint density at radius 2 is 2.18 bits per heavy atom. The molecule has 5 heteroatoms. The zero-order valence-corrected chi connectivity index (χ0v) is 11.8. The summed E-state index contributed by atoms with van der Waals surface area (Å²) in [6.45, 7) is 4.20. The van der Waals surface area contributed by atoms with Gasteiger partial charge in [-0.2, -0.15) is 0 Å². The summed E-state index contributed by atoms with van der Waals surface area (Å²) in [6, 6.07) is 1.08. The number of hydrogen-bond acceptors (Lipinski definition) is 4. The van der Waals surface area contributed by atoms with Gasteiger partial charge in [0.2, 0.25) is 0 Å². The second-order valence-electron chi connectivity index (χ2n) is 4.69. The third-order valence-electron chi connectivity index (χ3n) is 3.53. The highest BCUT2D eigenvalue weighted by atomic mass is 35.5. The third-order valence-corrected chi connectivity index (χ3v) is 4.63. The summed E-state index contributed by atoms with van der Waals surface area (Å²) in [5, 5.41) is 1.12. The number of nitrogens with zero attached hydrogens (tertiary/aromatic N) is 2. The fraction of sp³-hybridized carbons (Fsp3) is 0.750. The molecule has 1 aliphatic rings. The van der Waals surface area contributed by atoms with E-state index in [4.69, 9.17) is 17.3 Å². The van der Waals surface area contributed by atoms with Crippen molar-refractivity contribution >= 4 is 22.9 Å². The molecule has 1 saturated carbocycles. The van der Waals surface area contributed by atoms with Gasteiger partial charge in [-0.1, -0.05) is 18.5 Å². The monoisotopic (exact) mass is 273 g/mol. The summed E-state index contributed by atoms with van der Waals surface area (Å²) in [5.74, 6) is 0. The predicted octanol–water partition coefficient (Wildman–Crippen LogP) is 2.89. The summed E-state index contributed by atoms with van der Waals surface area (Å²) in [7, 11) is 0. The fourth-order valence-corrected chi connectivity index (χ4v) is 3.48. The van der Waals surface area contributed by atoms with Crippen molar-refractivity contribution in [1.29, 1.82) is 0 Å². The molecule has 1 aromatic heterocycles. The van der Waals surface area contributed by atoms with Crippen LogP contribution in [0.5, 0.6) is 0 Å². The van der Waals surface area contributed by atoms with E-state index in [-0.39, 0.29) is 0 Å². The van der Waals surface area contributed by atoms with Gasteiger partial charge in [0.1, 0.15) is 9.34 Å². The minimum Gasteiger partial charge on any atom is -0.328 e. The summed E-state index contributed by atoms with van der Waals surface area (Å²) in [4.78, 5) is 6.83. The van der Waals surface area contributed by atoms with Crippen LogP contribution in [-0.4, -0.2) is 28.5 Å². The molecule has 0 atom stereocenters. The van der Waals surface area contributed by atoms with Gasteiger partial charge in [0.15, 0.2) is 0 Å². The molecular weight excluding hydrogens is 254 g/mol. The van der Waals surface area contributed by atoms with Crippen LogP contribution >= 0.6 is 22.9 Å². The first-order valence-corrected chi connectivity index (χ1v) is 7.48. The Hall–Kier alpha value is -0.160. The molecule has 0 aromatic carbocycles. The van der Waals surface area contributed by atoms with Crippen molar-refractivity contribution in [2.75, 3.05) is 6.54 Å². The molecule has 3 nitrogen and oxygen atoms in total. The van der Waals surface area contributed by atoms with Crippen molar-refractivity contribution in [2.45, 2.75) is 51.2 Å². The van der Waals surface area contributed by atoms with E-state index in [1.54, 1.807) is 17.5 Å². The summed E-state index contributed by atoms with van der Waals surface area (Å²) < 4.78 is 0.779. The first-order valence-electron chi connectivity index (χ1n) is 6.29. The van der Waals surface area contributed by atoms with Crippen LogP contribution in [0.15, 0.2) is 6.20 Å². The molecule has 0 radical (unpaired) electrons. The maximum Gasteiger partial charge on any atom is 0.113 e. The topological polar surface area (TPSA) is 42.2 Å². The normalized spacial score (nSPS) is 25.4. The van der Waals surface area contributed by atoms with Gasteiger partial charge < -0.3 is 5.73 Å². The van der Waals surface area contributed by atoms with Crippen molar-refractivity contribution in [3.05, 3.63) is 15.5 Å². The largest absolute Gasteiger partial charge is 0.328 e. The minimum absolute atomic E-state index is 0.416. The van der Waals surface area contributed by atoms with E-state index >= 15 is 0 Å². The lowest BCUT2D eigenvalue weighted by Gasteiger charge is -2.34. The molecule has 1 aromatic rings. The highest BCUT2D eigenvalue weighted by molar-refractivity contribution is 7.15. The van der Waals surface area contributed by atoms with Crippen LogP contribution in [-0.2, 0) is 6.54 Å². The van der Waals surface area contributed by atoms with Crippen LogP contribution in [0.25, 0.3) is 0 Å². The molecular formula is C12H20ClN3S. The lowest BCUT2D eigenvalue weighted by atomic mass is 9.91. The van der Waals surface area contributed by atoms with Gasteiger partial charge in [-0.05, 0) is 32.2 Å². The molecule has 2 rings (SSSR count). The molecule has 96 valence electrons. The highest BCUT2D eigenvalue weighted by Crippen LogP contribution is 2.25. The average molecular weight is 274 g/mol. The van der Waals surface area contributed by atoms with Crippen LogP contribution < -0.4 is 5.73 Å². The van der Waals surface area contributed by atoms with Gasteiger partial charge in [0.05, 0.1) is 12.7 Å². The van der Waals surface area contributed by atoms with E-state index in [0.29, 0.717) is 12.1 Å². The van der Waals surface area contributed by atoms with Crippen LogP contribution in [0.3, 0.4) is 0 Å². The standard InChI is InChI=1S/C12H20ClN3S/c1-2-16(8-12-15-7-11(13)17-12)10-5-3-9(14)4-6-10/h7,9-10H,2-6,8,14H2,1H3. The summed E-state index contributed by atoms with van der Waals surface area (Å²) in [6.07, 6.45) is 6.48. The Morgan fingerprint density at radius 1 is 1.47 bits per heavy atom. The van der Waals surface area contributed by atoms with E-state index in [1.807, 2.05) is 0 Å². The van der Waals surface area contributed by atoms with E-state index in [2.05, 4.69) is 16.8 Å². The van der Waals surface area contributed by atoms with Crippen LogP contribution in [0.4, 0.5) is 0 Å². The Balaban J connectivity index is 1.92. The Labute approximate surface area is 112 Å². The fourth-order valence-electron chi connectivity index (χ4n) is 2.50. The van der Waals surface area contributed by atoms with Crippen LogP contribution in [0.2, 0.25) is 4.34 Å². The van der Waals surface area contributed by atoms with E-state index in [9.17, 15) is 0 Å². The number of halogens is 1. The van der Waals surface area contributed by atoms with Gasteiger partial charge in [-0.15, -0.1) is 11.3 Å². The van der Waals surface area contributed by atoms with E-state index in [1.165, 1.54) is 12.8 Å². The minimum atomic E-state index is 0.416. The van der Waals surface area contributed by atoms with Crippen LogP contribution in [0, 0.1) is 0 Å². The first kappa shape index (κ1) is 13.3. The smallest absolute Gasteiger partial charge is 0.113 e. The van der Waals surface area contributed by atoms with Crippen molar-refractivity contribution in [3.63, 3.8) is 0 Å². The molecule has 17 heavy (non-hydrogen) atoms. The van der Waals surface area contributed by atoms with Crippen molar-refractivity contribution in [1.82, 2.24) is 9.88 Å². The number of rotatable bonds is 4. The average Bonchev–Trinajstić information content (AvgIpc) is 2.73. The van der Waals surface area contributed by atoms with Gasteiger partial charge in [0.25, 0.3) is 0 Å². The molecule has 1 aliphatic carbocycles. The van der Waals surface area contributed by atoms with Gasteiger partial charge in [-0.3, -0.25) is 4.90 Å². The van der Waals surface area contributed by atoms with Gasteiger partial charge in [-0.25, -0.2) is 4.98 Å². The van der Waals surface area contributed by atoms with Crippen molar-refractivity contribution in [3.8, 4) is 0 Å².